The maximum absolute atomic E-state index is 13.3. The topological polar surface area (TPSA) is 59.6 Å². The molecule has 2 aliphatic heterocycles. The van der Waals surface area contributed by atoms with Gasteiger partial charge in [-0.2, -0.15) is 0 Å². The van der Waals surface area contributed by atoms with Crippen molar-refractivity contribution in [2.45, 2.75) is 11.6 Å². The average Bonchev–Trinajstić information content (AvgIpc) is 2.67. The van der Waals surface area contributed by atoms with Gasteiger partial charge < -0.3 is 14.8 Å². The number of ether oxygens (including phenoxy) is 2. The maximum Gasteiger partial charge on any atom is 0.245 e. The van der Waals surface area contributed by atoms with Crippen molar-refractivity contribution >= 4 is 5.91 Å². The highest BCUT2D eigenvalue weighted by Crippen LogP contribution is 2.23. The number of carbonyl (C=O) groups excluding carboxylic acids is 1. The molecule has 1 aromatic carbocycles. The Morgan fingerprint density at radius 3 is 2.29 bits per heavy atom. The lowest BCUT2D eigenvalue weighted by Crippen LogP contribution is -2.68. The number of carbonyl (C=O) groups is 1. The van der Waals surface area contributed by atoms with E-state index in [-0.39, 0.29) is 19.1 Å². The molecular formula is C14H16F2N2O3. The van der Waals surface area contributed by atoms with Crippen LogP contribution in [0.2, 0.25) is 0 Å². The van der Waals surface area contributed by atoms with Crippen molar-refractivity contribution in [2.24, 2.45) is 0 Å². The monoisotopic (exact) mass is 298 g/mol. The fraction of sp³-hybridized carbons (Fsp3) is 0.500. The molecule has 1 atom stereocenters. The molecule has 0 aliphatic carbocycles. The first-order valence-corrected chi connectivity index (χ1v) is 6.77. The molecule has 1 spiro atoms. The van der Waals surface area contributed by atoms with E-state index in [4.69, 9.17) is 9.47 Å². The number of hydrogen-bond donors (Lipinski definition) is 2. The first-order valence-electron chi connectivity index (χ1n) is 6.77. The summed E-state index contributed by atoms with van der Waals surface area (Å²) in [6.07, 6.45) is 0. The van der Waals surface area contributed by atoms with Gasteiger partial charge in [0.1, 0.15) is 17.2 Å². The number of nitrogens with one attached hydrogen (secondary N) is 2. The summed E-state index contributed by atoms with van der Waals surface area (Å²) in [5.74, 6) is -1.62. The molecule has 3 rings (SSSR count). The molecule has 1 amide bonds. The Kier molecular flexibility index (Phi) is 3.88. The first kappa shape index (κ1) is 14.4. The minimum Gasteiger partial charge on any atom is -0.376 e. The lowest BCUT2D eigenvalue weighted by molar-refractivity contribution is -0.134. The van der Waals surface area contributed by atoms with Crippen molar-refractivity contribution < 1.29 is 23.0 Å². The Labute approximate surface area is 120 Å². The molecule has 114 valence electrons. The number of rotatable bonds is 1. The summed E-state index contributed by atoms with van der Waals surface area (Å²) in [5.41, 5.74) is -0.544. The van der Waals surface area contributed by atoms with Gasteiger partial charge in [-0.15, -0.1) is 0 Å². The SMILES string of the molecule is O=C1N[C@H](c2cc(F)cc(F)c2)CNC12COCCOC2. The van der Waals surface area contributed by atoms with Crippen LogP contribution >= 0.6 is 0 Å². The van der Waals surface area contributed by atoms with Gasteiger partial charge >= 0.3 is 0 Å². The van der Waals surface area contributed by atoms with Crippen molar-refractivity contribution in [1.29, 1.82) is 0 Å². The van der Waals surface area contributed by atoms with Gasteiger partial charge in [0, 0.05) is 12.6 Å². The quantitative estimate of drug-likeness (QED) is 0.793. The van der Waals surface area contributed by atoms with Crippen molar-refractivity contribution in [3.05, 3.63) is 35.4 Å². The largest absolute Gasteiger partial charge is 0.376 e. The van der Waals surface area contributed by atoms with Crippen LogP contribution < -0.4 is 10.6 Å². The number of hydrogen-bond acceptors (Lipinski definition) is 4. The zero-order valence-corrected chi connectivity index (χ0v) is 11.3. The first-order chi connectivity index (χ1) is 10.1. The number of halogens is 2. The van der Waals surface area contributed by atoms with E-state index in [1.165, 1.54) is 12.1 Å². The zero-order chi connectivity index (χ0) is 14.9. The molecule has 7 heteroatoms. The summed E-state index contributed by atoms with van der Waals surface area (Å²) < 4.78 is 37.3. The van der Waals surface area contributed by atoms with Crippen LogP contribution in [0.1, 0.15) is 11.6 Å². The Balaban J connectivity index is 1.77. The minimum atomic E-state index is -0.932. The van der Waals surface area contributed by atoms with E-state index in [1.807, 2.05) is 0 Å². The van der Waals surface area contributed by atoms with E-state index in [9.17, 15) is 13.6 Å². The molecule has 1 aromatic rings. The number of piperazine rings is 1. The highest BCUT2D eigenvalue weighted by atomic mass is 19.1. The third-order valence-corrected chi connectivity index (χ3v) is 3.74. The van der Waals surface area contributed by atoms with E-state index >= 15 is 0 Å². The molecule has 2 aliphatic rings. The van der Waals surface area contributed by atoms with Crippen LogP contribution in [0.3, 0.4) is 0 Å². The van der Waals surface area contributed by atoms with E-state index in [0.29, 0.717) is 25.3 Å². The van der Waals surface area contributed by atoms with Crippen LogP contribution in [0.15, 0.2) is 18.2 Å². The van der Waals surface area contributed by atoms with E-state index in [2.05, 4.69) is 10.6 Å². The summed E-state index contributed by atoms with van der Waals surface area (Å²) in [6.45, 7) is 1.65. The van der Waals surface area contributed by atoms with Crippen LogP contribution in [-0.4, -0.2) is 44.4 Å². The van der Waals surface area contributed by atoms with Crippen molar-refractivity contribution in [3.63, 3.8) is 0 Å². The molecule has 0 radical (unpaired) electrons. The van der Waals surface area contributed by atoms with Crippen molar-refractivity contribution in [3.8, 4) is 0 Å². The van der Waals surface area contributed by atoms with Crippen molar-refractivity contribution in [2.75, 3.05) is 33.0 Å². The van der Waals surface area contributed by atoms with Gasteiger partial charge in [-0.1, -0.05) is 0 Å². The Morgan fingerprint density at radius 2 is 1.71 bits per heavy atom. The summed E-state index contributed by atoms with van der Waals surface area (Å²) >= 11 is 0. The predicted molar refractivity (Wildman–Crippen MR) is 69.6 cm³/mol. The van der Waals surface area contributed by atoms with Crippen LogP contribution in [0, 0.1) is 11.6 Å². The van der Waals surface area contributed by atoms with Gasteiger partial charge in [-0.25, -0.2) is 8.78 Å². The number of amides is 1. The second kappa shape index (κ2) is 5.67. The van der Waals surface area contributed by atoms with Gasteiger partial charge in [0.2, 0.25) is 5.91 Å². The lowest BCUT2D eigenvalue weighted by atomic mass is 9.94. The maximum atomic E-state index is 13.3. The summed E-state index contributed by atoms with van der Waals surface area (Å²) in [5, 5.41) is 5.89. The van der Waals surface area contributed by atoms with Gasteiger partial charge in [0.25, 0.3) is 0 Å². The van der Waals surface area contributed by atoms with Gasteiger partial charge in [0.05, 0.1) is 32.5 Å². The molecule has 2 saturated heterocycles. The molecule has 0 unspecified atom stereocenters. The highest BCUT2D eigenvalue weighted by molar-refractivity contribution is 5.88. The van der Waals surface area contributed by atoms with Gasteiger partial charge in [-0.3, -0.25) is 10.1 Å². The molecule has 0 aromatic heterocycles. The minimum absolute atomic E-state index is 0.211. The Morgan fingerprint density at radius 1 is 1.10 bits per heavy atom. The third kappa shape index (κ3) is 2.90. The molecule has 2 fully saturated rings. The van der Waals surface area contributed by atoms with Crippen LogP contribution in [0.4, 0.5) is 8.78 Å². The molecule has 2 N–H and O–H groups in total. The average molecular weight is 298 g/mol. The van der Waals surface area contributed by atoms with Crippen molar-refractivity contribution in [1.82, 2.24) is 10.6 Å². The molecule has 21 heavy (non-hydrogen) atoms. The predicted octanol–water partition coefficient (Wildman–Crippen LogP) is 0.511. The van der Waals surface area contributed by atoms with Crippen LogP contribution in [0.25, 0.3) is 0 Å². The summed E-state index contributed by atoms with van der Waals surface area (Å²) in [7, 11) is 0. The van der Waals surface area contributed by atoms with Crippen LogP contribution in [-0.2, 0) is 14.3 Å². The fourth-order valence-corrected chi connectivity index (χ4v) is 2.59. The van der Waals surface area contributed by atoms with Crippen LogP contribution in [0.5, 0.6) is 0 Å². The van der Waals surface area contributed by atoms with E-state index in [0.717, 1.165) is 6.07 Å². The van der Waals surface area contributed by atoms with Gasteiger partial charge in [0.15, 0.2) is 0 Å². The zero-order valence-electron chi connectivity index (χ0n) is 11.3. The highest BCUT2D eigenvalue weighted by Gasteiger charge is 2.44. The Bertz CT molecular complexity index is 525. The molecule has 2 heterocycles. The standard InChI is InChI=1S/C14H16F2N2O3/c15-10-3-9(4-11(16)5-10)12-6-17-14(13(19)18-12)7-20-1-2-21-8-14/h3-5,12,17H,1-2,6-8H2,(H,18,19)/t12-/m0/s1. The summed E-state index contributed by atoms with van der Waals surface area (Å²) in [6, 6.07) is 2.74. The van der Waals surface area contributed by atoms with Gasteiger partial charge in [-0.05, 0) is 17.7 Å². The number of benzene rings is 1. The Hall–Kier alpha value is -1.57. The molecule has 0 saturated carbocycles. The fourth-order valence-electron chi connectivity index (χ4n) is 2.59. The lowest BCUT2D eigenvalue weighted by Gasteiger charge is -2.39. The second-order valence-electron chi connectivity index (χ2n) is 5.30. The summed E-state index contributed by atoms with van der Waals surface area (Å²) in [4.78, 5) is 12.4. The molecule has 0 bridgehead atoms. The third-order valence-electron chi connectivity index (χ3n) is 3.74. The second-order valence-corrected chi connectivity index (χ2v) is 5.30. The normalized spacial score (nSPS) is 25.4. The van der Waals surface area contributed by atoms with E-state index < -0.39 is 23.2 Å². The van der Waals surface area contributed by atoms with E-state index in [1.54, 1.807) is 0 Å². The smallest absolute Gasteiger partial charge is 0.245 e. The molecular weight excluding hydrogens is 282 g/mol. The molecule has 5 nitrogen and oxygen atoms in total.